The smallest absolute Gasteiger partial charge is 0.364 e. The van der Waals surface area contributed by atoms with Crippen LogP contribution in [0.2, 0.25) is 0 Å². The van der Waals surface area contributed by atoms with Gasteiger partial charge in [0.15, 0.2) is 0 Å². The third-order valence-electron chi connectivity index (χ3n) is 3.52. The molecular formula is C12H21NO9. The van der Waals surface area contributed by atoms with Crippen molar-refractivity contribution in [2.75, 3.05) is 13.7 Å². The first-order chi connectivity index (χ1) is 10.2. The molecule has 6 N–H and O–H groups in total. The molecule has 1 amide bonds. The average molecular weight is 323 g/mol. The molecule has 0 aromatic heterocycles. The number of hydrogen-bond donors (Lipinski definition) is 6. The number of hydrogen-bond acceptors (Lipinski definition) is 8. The highest BCUT2D eigenvalue weighted by atomic mass is 16.7. The van der Waals surface area contributed by atoms with Crippen molar-refractivity contribution in [3.63, 3.8) is 0 Å². The zero-order valence-electron chi connectivity index (χ0n) is 12.2. The minimum absolute atomic E-state index is 0.498. The normalized spacial score (nSPS) is 34.7. The highest BCUT2D eigenvalue weighted by Crippen LogP contribution is 2.32. The van der Waals surface area contributed by atoms with Gasteiger partial charge in [-0.05, 0) is 0 Å². The Labute approximate surface area is 126 Å². The average Bonchev–Trinajstić information content (AvgIpc) is 2.46. The van der Waals surface area contributed by atoms with Crippen LogP contribution in [0.1, 0.15) is 13.3 Å². The second-order valence-corrected chi connectivity index (χ2v) is 5.08. The molecular weight excluding hydrogens is 302 g/mol. The number of carbonyl (C=O) groups excluding carboxylic acids is 1. The summed E-state index contributed by atoms with van der Waals surface area (Å²) in [5, 5.41) is 50.1. The third kappa shape index (κ3) is 3.72. The number of amides is 1. The van der Waals surface area contributed by atoms with Crippen LogP contribution in [-0.2, 0) is 19.1 Å². The van der Waals surface area contributed by atoms with Crippen molar-refractivity contribution in [2.24, 2.45) is 0 Å². The fourth-order valence-corrected chi connectivity index (χ4v) is 2.34. The van der Waals surface area contributed by atoms with E-state index in [4.69, 9.17) is 14.6 Å². The molecule has 1 aliphatic heterocycles. The predicted octanol–water partition coefficient (Wildman–Crippen LogP) is -3.22. The van der Waals surface area contributed by atoms with E-state index in [0.717, 1.165) is 14.0 Å². The van der Waals surface area contributed by atoms with E-state index in [1.807, 2.05) is 0 Å². The van der Waals surface area contributed by atoms with Gasteiger partial charge in [-0.1, -0.05) is 0 Å². The number of aliphatic carboxylic acids is 1. The number of carboxylic acid groups (broad SMARTS) is 1. The molecule has 1 aliphatic rings. The molecule has 0 radical (unpaired) electrons. The van der Waals surface area contributed by atoms with Crippen molar-refractivity contribution in [3.05, 3.63) is 0 Å². The fourth-order valence-electron chi connectivity index (χ4n) is 2.34. The van der Waals surface area contributed by atoms with Crippen LogP contribution in [-0.4, -0.2) is 87.4 Å². The van der Waals surface area contributed by atoms with E-state index in [1.165, 1.54) is 0 Å². The number of methoxy groups -OCH3 is 1. The lowest BCUT2D eigenvalue weighted by Gasteiger charge is -2.46. The molecule has 10 heteroatoms. The van der Waals surface area contributed by atoms with Crippen molar-refractivity contribution < 1.29 is 44.6 Å². The van der Waals surface area contributed by atoms with Crippen molar-refractivity contribution in [1.82, 2.24) is 5.32 Å². The Bertz CT molecular complexity index is 417. The van der Waals surface area contributed by atoms with E-state index in [1.54, 1.807) is 0 Å². The van der Waals surface area contributed by atoms with Gasteiger partial charge in [0.25, 0.3) is 5.79 Å². The van der Waals surface area contributed by atoms with Gasteiger partial charge in [0.1, 0.15) is 18.3 Å². The molecule has 6 atom stereocenters. The second-order valence-electron chi connectivity index (χ2n) is 5.08. The Morgan fingerprint density at radius 3 is 2.45 bits per heavy atom. The van der Waals surface area contributed by atoms with E-state index in [0.29, 0.717) is 0 Å². The quantitative estimate of drug-likeness (QED) is 0.295. The number of carboxylic acids is 1. The topological polar surface area (TPSA) is 166 Å². The molecule has 0 unspecified atom stereocenters. The van der Waals surface area contributed by atoms with E-state index in [2.05, 4.69) is 5.32 Å². The zero-order valence-corrected chi connectivity index (χ0v) is 12.2. The summed E-state index contributed by atoms with van der Waals surface area (Å²) in [6.07, 6.45) is -6.84. The summed E-state index contributed by atoms with van der Waals surface area (Å²) in [6, 6.07) is -1.18. The third-order valence-corrected chi connectivity index (χ3v) is 3.52. The van der Waals surface area contributed by atoms with Crippen LogP contribution >= 0.6 is 0 Å². The Kier molecular flexibility index (Phi) is 6.23. The molecule has 1 saturated heterocycles. The Hall–Kier alpha value is -1.30. The fraction of sp³-hybridized carbons (Fsp3) is 0.833. The lowest BCUT2D eigenvalue weighted by molar-refractivity contribution is -0.303. The van der Waals surface area contributed by atoms with Gasteiger partial charge in [-0.15, -0.1) is 0 Å². The molecule has 0 saturated carbocycles. The number of aliphatic hydroxyl groups excluding tert-OH is 4. The van der Waals surface area contributed by atoms with Crippen molar-refractivity contribution in [3.8, 4) is 0 Å². The first-order valence-electron chi connectivity index (χ1n) is 6.57. The minimum atomic E-state index is -2.24. The summed E-state index contributed by atoms with van der Waals surface area (Å²) in [4.78, 5) is 22.6. The van der Waals surface area contributed by atoms with Crippen LogP contribution in [0.4, 0.5) is 0 Å². The summed E-state index contributed by atoms with van der Waals surface area (Å²) < 4.78 is 10.0. The lowest BCUT2D eigenvalue weighted by atomic mass is 9.88. The van der Waals surface area contributed by atoms with Gasteiger partial charge in [-0.2, -0.15) is 0 Å². The van der Waals surface area contributed by atoms with Crippen LogP contribution in [0.3, 0.4) is 0 Å². The summed E-state index contributed by atoms with van der Waals surface area (Å²) in [5.41, 5.74) is 0. The van der Waals surface area contributed by atoms with Gasteiger partial charge in [0, 0.05) is 20.5 Å². The summed E-state index contributed by atoms with van der Waals surface area (Å²) >= 11 is 0. The first-order valence-corrected chi connectivity index (χ1v) is 6.57. The number of aliphatic hydroxyl groups is 4. The van der Waals surface area contributed by atoms with E-state index >= 15 is 0 Å². The summed E-state index contributed by atoms with van der Waals surface area (Å²) in [7, 11) is 1.05. The molecule has 0 bridgehead atoms. The molecule has 10 nitrogen and oxygen atoms in total. The Morgan fingerprint density at radius 2 is 2.05 bits per heavy atom. The van der Waals surface area contributed by atoms with Gasteiger partial charge < -0.3 is 40.3 Å². The van der Waals surface area contributed by atoms with Crippen LogP contribution in [0.5, 0.6) is 0 Å². The van der Waals surface area contributed by atoms with Crippen molar-refractivity contribution >= 4 is 11.9 Å². The van der Waals surface area contributed by atoms with Crippen molar-refractivity contribution in [1.29, 1.82) is 0 Å². The highest BCUT2D eigenvalue weighted by Gasteiger charge is 2.55. The van der Waals surface area contributed by atoms with Gasteiger partial charge in [0.2, 0.25) is 5.91 Å². The summed E-state index contributed by atoms with van der Waals surface area (Å²) in [6.45, 7) is 0.338. The number of nitrogens with one attached hydrogen (secondary N) is 1. The maximum atomic E-state index is 11.3. The van der Waals surface area contributed by atoms with E-state index in [-0.39, 0.29) is 0 Å². The maximum absolute atomic E-state index is 11.3. The van der Waals surface area contributed by atoms with Gasteiger partial charge in [-0.25, -0.2) is 4.79 Å². The zero-order chi connectivity index (χ0) is 17.1. The van der Waals surface area contributed by atoms with Gasteiger partial charge >= 0.3 is 5.97 Å². The summed E-state index contributed by atoms with van der Waals surface area (Å²) in [5.74, 6) is -4.33. The van der Waals surface area contributed by atoms with Crippen LogP contribution in [0.25, 0.3) is 0 Å². The van der Waals surface area contributed by atoms with Crippen LogP contribution < -0.4 is 5.32 Å². The van der Waals surface area contributed by atoms with Gasteiger partial charge in [-0.3, -0.25) is 4.79 Å². The van der Waals surface area contributed by atoms with Crippen LogP contribution in [0, 0.1) is 0 Å². The van der Waals surface area contributed by atoms with Gasteiger partial charge in [0.05, 0.1) is 18.8 Å². The van der Waals surface area contributed by atoms with E-state index in [9.17, 15) is 30.0 Å². The van der Waals surface area contributed by atoms with E-state index < -0.39 is 61.1 Å². The standard InChI is InChI=1S/C12H21NO9/c1-5(15)13-8-6(16)3-12(21-2,11(19)20)22-10(8)9(18)7(17)4-14/h6-10,14,16-18H,3-4H2,1-2H3,(H,13,15)(H,19,20)/t6-,7+,8+,9+,10-,12-/m0/s1. The molecule has 0 aromatic carbocycles. The largest absolute Gasteiger partial charge is 0.477 e. The number of ether oxygens (including phenoxy) is 2. The maximum Gasteiger partial charge on any atom is 0.364 e. The second kappa shape index (κ2) is 7.31. The predicted molar refractivity (Wildman–Crippen MR) is 69.6 cm³/mol. The molecule has 22 heavy (non-hydrogen) atoms. The first kappa shape index (κ1) is 18.7. The molecule has 1 heterocycles. The Morgan fingerprint density at radius 1 is 1.45 bits per heavy atom. The molecule has 1 rings (SSSR count). The molecule has 0 aromatic rings. The highest BCUT2D eigenvalue weighted by molar-refractivity contribution is 5.76. The Balaban J connectivity index is 3.14. The monoisotopic (exact) mass is 323 g/mol. The SMILES string of the molecule is CO[C@@]1(C(=O)O)C[C@H](O)[C@@H](NC(C)=O)[C@@H]([C@H](O)[C@H](O)CO)O1. The molecule has 0 aliphatic carbocycles. The van der Waals surface area contributed by atoms with Crippen LogP contribution in [0.15, 0.2) is 0 Å². The van der Waals surface area contributed by atoms with Crippen molar-refractivity contribution in [2.45, 2.75) is 49.6 Å². The lowest BCUT2D eigenvalue weighted by Crippen LogP contribution is -2.67. The molecule has 128 valence electrons. The molecule has 1 fully saturated rings. The number of carbonyl (C=O) groups is 2. The number of rotatable bonds is 6. The molecule has 0 spiro atoms. The minimum Gasteiger partial charge on any atom is -0.477 e.